The normalized spacial score (nSPS) is 17.5. The Hall–Kier alpha value is -2.04. The number of hydrogen-bond acceptors (Lipinski definition) is 6. The maximum absolute atomic E-state index is 13.0. The van der Waals surface area contributed by atoms with E-state index in [0.717, 1.165) is 19.2 Å². The molecule has 1 saturated heterocycles. The maximum Gasteiger partial charge on any atom is 0.330 e. The summed E-state index contributed by atoms with van der Waals surface area (Å²) in [5.74, 6) is -2.19. The molecule has 10 heteroatoms. The topological polar surface area (TPSA) is 113 Å². The number of piperidine rings is 1. The number of hydrogen-bond donors (Lipinski definition) is 2. The van der Waals surface area contributed by atoms with Gasteiger partial charge in [-0.05, 0) is 37.1 Å². The van der Waals surface area contributed by atoms with Crippen molar-refractivity contribution in [2.75, 3.05) is 26.8 Å². The Morgan fingerprint density at radius 3 is 2.38 bits per heavy atom. The predicted molar refractivity (Wildman–Crippen MR) is 88.9 cm³/mol. The van der Waals surface area contributed by atoms with Crippen molar-refractivity contribution in [1.82, 2.24) is 9.62 Å². The molecule has 0 bridgehead atoms. The van der Waals surface area contributed by atoms with E-state index in [1.165, 1.54) is 16.4 Å². The van der Waals surface area contributed by atoms with Crippen LogP contribution < -0.4 is 5.32 Å². The number of methoxy groups -OCH3 is 1. The van der Waals surface area contributed by atoms with Crippen LogP contribution in [0.25, 0.3) is 0 Å². The number of aliphatic hydroxyl groups excluding tert-OH is 1. The molecule has 8 nitrogen and oxygen atoms in total. The van der Waals surface area contributed by atoms with Crippen LogP contribution in [-0.4, -0.2) is 62.6 Å². The fourth-order valence-corrected chi connectivity index (χ4v) is 4.19. The third-order valence-electron chi connectivity index (χ3n) is 4.26. The van der Waals surface area contributed by atoms with Crippen molar-refractivity contribution in [1.29, 1.82) is 0 Å². The van der Waals surface area contributed by atoms with E-state index in [1.54, 1.807) is 0 Å². The van der Waals surface area contributed by atoms with Gasteiger partial charge in [0.1, 0.15) is 5.82 Å². The summed E-state index contributed by atoms with van der Waals surface area (Å²) < 4.78 is 43.8. The van der Waals surface area contributed by atoms with Gasteiger partial charge in [0.15, 0.2) is 6.04 Å². The maximum atomic E-state index is 13.0. The van der Waals surface area contributed by atoms with Gasteiger partial charge in [-0.25, -0.2) is 17.6 Å². The van der Waals surface area contributed by atoms with Gasteiger partial charge in [-0.2, -0.15) is 4.31 Å². The van der Waals surface area contributed by atoms with Crippen molar-refractivity contribution in [3.05, 3.63) is 30.1 Å². The number of benzene rings is 1. The Morgan fingerprint density at radius 1 is 1.31 bits per heavy atom. The summed E-state index contributed by atoms with van der Waals surface area (Å²) in [5.41, 5.74) is 0. The van der Waals surface area contributed by atoms with Crippen LogP contribution in [0.2, 0.25) is 0 Å². The van der Waals surface area contributed by atoms with Crippen LogP contribution in [0, 0.1) is 11.7 Å². The summed E-state index contributed by atoms with van der Waals surface area (Å²) in [7, 11) is -2.60. The van der Waals surface area contributed by atoms with Gasteiger partial charge in [0.25, 0.3) is 0 Å². The molecule has 1 aromatic carbocycles. The Morgan fingerprint density at radius 2 is 1.88 bits per heavy atom. The number of halogens is 1. The molecule has 0 aliphatic carbocycles. The number of carbonyl (C=O) groups is 2. The molecule has 144 valence electrons. The summed E-state index contributed by atoms with van der Waals surface area (Å²) in [6.45, 7) is -0.337. The minimum absolute atomic E-state index is 0.00663. The van der Waals surface area contributed by atoms with Gasteiger partial charge in [-0.15, -0.1) is 0 Å². The first kappa shape index (κ1) is 20.3. The van der Waals surface area contributed by atoms with Crippen LogP contribution in [0.1, 0.15) is 12.8 Å². The molecule has 1 amide bonds. The molecule has 0 radical (unpaired) electrons. The SMILES string of the molecule is COC(=O)[C@@H](CO)NC(=O)C1CCN(S(=O)(=O)c2ccc(F)cc2)CC1. The van der Waals surface area contributed by atoms with Gasteiger partial charge in [-0.3, -0.25) is 4.79 Å². The largest absolute Gasteiger partial charge is 0.467 e. The number of carbonyl (C=O) groups excluding carboxylic acids is 2. The fraction of sp³-hybridized carbons (Fsp3) is 0.500. The lowest BCUT2D eigenvalue weighted by Crippen LogP contribution is -2.49. The molecule has 1 aliphatic rings. The third kappa shape index (κ3) is 4.57. The van der Waals surface area contributed by atoms with Gasteiger partial charge in [0, 0.05) is 19.0 Å². The zero-order valence-corrected chi connectivity index (χ0v) is 15.0. The lowest BCUT2D eigenvalue weighted by Gasteiger charge is -2.31. The van der Waals surface area contributed by atoms with E-state index < -0.39 is 46.3 Å². The van der Waals surface area contributed by atoms with Crippen LogP contribution in [0.3, 0.4) is 0 Å². The molecule has 2 rings (SSSR count). The number of nitrogens with one attached hydrogen (secondary N) is 1. The Balaban J connectivity index is 1.97. The molecule has 26 heavy (non-hydrogen) atoms. The molecule has 0 spiro atoms. The number of nitrogens with zero attached hydrogens (tertiary/aromatic N) is 1. The van der Waals surface area contributed by atoms with Crippen molar-refractivity contribution in [2.24, 2.45) is 5.92 Å². The monoisotopic (exact) mass is 388 g/mol. The zero-order chi connectivity index (χ0) is 19.3. The molecular formula is C16H21FN2O6S. The lowest BCUT2D eigenvalue weighted by atomic mass is 9.97. The first-order chi connectivity index (χ1) is 12.3. The standard InChI is InChI=1S/C16H21FN2O6S/c1-25-16(22)14(10-20)18-15(21)11-6-8-19(9-7-11)26(23,24)13-4-2-12(17)3-5-13/h2-5,11,14,20H,6-10H2,1H3,(H,18,21)/t14-/m1/s1. The van der Waals surface area contributed by atoms with Crippen molar-refractivity contribution < 1.29 is 32.2 Å². The van der Waals surface area contributed by atoms with Gasteiger partial charge in [0.2, 0.25) is 15.9 Å². The second-order valence-electron chi connectivity index (χ2n) is 5.90. The predicted octanol–water partition coefficient (Wildman–Crippen LogP) is -0.124. The van der Waals surface area contributed by atoms with Gasteiger partial charge in [-0.1, -0.05) is 0 Å². The summed E-state index contributed by atoms with van der Waals surface area (Å²) >= 11 is 0. The molecule has 1 atom stereocenters. The minimum atomic E-state index is -3.75. The number of esters is 1. The number of aliphatic hydroxyl groups is 1. The average Bonchev–Trinajstić information content (AvgIpc) is 2.65. The molecule has 1 aliphatic heterocycles. The quantitative estimate of drug-likeness (QED) is 0.657. The van der Waals surface area contributed by atoms with Crippen LogP contribution >= 0.6 is 0 Å². The van der Waals surface area contributed by atoms with Crippen LogP contribution in [0.5, 0.6) is 0 Å². The van der Waals surface area contributed by atoms with Gasteiger partial charge >= 0.3 is 5.97 Å². The van der Waals surface area contributed by atoms with Crippen molar-refractivity contribution in [3.8, 4) is 0 Å². The van der Waals surface area contributed by atoms with Crippen molar-refractivity contribution in [3.63, 3.8) is 0 Å². The van der Waals surface area contributed by atoms with E-state index in [0.29, 0.717) is 0 Å². The molecule has 1 aromatic rings. The Bertz CT molecular complexity index is 745. The summed E-state index contributed by atoms with van der Waals surface area (Å²) in [6, 6.07) is 3.41. The molecule has 1 heterocycles. The molecule has 2 N–H and O–H groups in total. The lowest BCUT2D eigenvalue weighted by molar-refractivity contribution is -0.146. The van der Waals surface area contributed by atoms with E-state index in [2.05, 4.69) is 10.1 Å². The van der Waals surface area contributed by atoms with E-state index in [4.69, 9.17) is 5.11 Å². The van der Waals surface area contributed by atoms with Crippen molar-refractivity contribution >= 4 is 21.9 Å². The van der Waals surface area contributed by atoms with Gasteiger partial charge < -0.3 is 15.2 Å². The van der Waals surface area contributed by atoms with E-state index in [9.17, 15) is 22.4 Å². The Kier molecular flexibility index (Phi) is 6.68. The highest BCUT2D eigenvalue weighted by molar-refractivity contribution is 7.89. The molecule has 0 unspecified atom stereocenters. The van der Waals surface area contributed by atoms with Crippen molar-refractivity contribution in [2.45, 2.75) is 23.8 Å². The summed E-state index contributed by atoms with van der Waals surface area (Å²) in [5, 5.41) is 11.5. The number of amides is 1. The highest BCUT2D eigenvalue weighted by Crippen LogP contribution is 2.24. The van der Waals surface area contributed by atoms with Gasteiger partial charge in [0.05, 0.1) is 18.6 Å². The summed E-state index contributed by atoms with van der Waals surface area (Å²) in [6.07, 6.45) is 0.539. The Labute approximate surface area is 151 Å². The molecular weight excluding hydrogens is 367 g/mol. The van der Waals surface area contributed by atoms with Crippen LogP contribution in [-0.2, 0) is 24.3 Å². The molecule has 0 saturated carbocycles. The average molecular weight is 388 g/mol. The van der Waals surface area contributed by atoms with E-state index in [1.807, 2.05) is 0 Å². The van der Waals surface area contributed by atoms with E-state index >= 15 is 0 Å². The summed E-state index contributed by atoms with van der Waals surface area (Å²) in [4.78, 5) is 23.6. The highest BCUT2D eigenvalue weighted by Gasteiger charge is 2.33. The second kappa shape index (κ2) is 8.56. The smallest absolute Gasteiger partial charge is 0.330 e. The van der Waals surface area contributed by atoms with E-state index in [-0.39, 0.29) is 30.8 Å². The number of rotatable bonds is 6. The zero-order valence-electron chi connectivity index (χ0n) is 14.2. The van der Waals surface area contributed by atoms with Crippen LogP contribution in [0.4, 0.5) is 4.39 Å². The molecule has 0 aromatic heterocycles. The first-order valence-electron chi connectivity index (χ1n) is 8.04. The van der Waals surface area contributed by atoms with Crippen LogP contribution in [0.15, 0.2) is 29.2 Å². The highest BCUT2D eigenvalue weighted by atomic mass is 32.2. The molecule has 1 fully saturated rings. The first-order valence-corrected chi connectivity index (χ1v) is 9.48. The second-order valence-corrected chi connectivity index (χ2v) is 7.84. The third-order valence-corrected chi connectivity index (χ3v) is 6.17. The number of ether oxygens (including phenoxy) is 1. The fourth-order valence-electron chi connectivity index (χ4n) is 2.72. The number of sulfonamides is 1. The minimum Gasteiger partial charge on any atom is -0.467 e.